The van der Waals surface area contributed by atoms with Crippen molar-refractivity contribution in [3.63, 3.8) is 0 Å². The number of rotatable bonds is 2. The highest BCUT2D eigenvalue weighted by atomic mass is 19.4. The Labute approximate surface area is 113 Å². The van der Waals surface area contributed by atoms with Gasteiger partial charge in [0.15, 0.2) is 0 Å². The molecule has 0 unspecified atom stereocenters. The number of anilines is 1. The molecule has 0 spiro atoms. The van der Waals surface area contributed by atoms with Gasteiger partial charge in [0.25, 0.3) is 0 Å². The normalized spacial score (nSPS) is 16.7. The first-order valence-corrected chi connectivity index (χ1v) is 6.10. The summed E-state index contributed by atoms with van der Waals surface area (Å²) in [6.45, 7) is 0. The smallest absolute Gasteiger partial charge is 0.356 e. The second kappa shape index (κ2) is 4.10. The Morgan fingerprint density at radius 3 is 2.55 bits per heavy atom. The van der Waals surface area contributed by atoms with Crippen LogP contribution in [0.5, 0.6) is 0 Å². The topological polar surface area (TPSA) is 48.7 Å². The van der Waals surface area contributed by atoms with Crippen molar-refractivity contribution < 1.29 is 13.2 Å². The minimum absolute atomic E-state index is 0.0346. The van der Waals surface area contributed by atoms with Crippen molar-refractivity contribution in [1.29, 1.82) is 5.26 Å². The Balaban J connectivity index is 2.04. The molecule has 0 aliphatic heterocycles. The first kappa shape index (κ1) is 12.7. The number of benzene rings is 1. The number of alkyl halides is 3. The van der Waals surface area contributed by atoms with Crippen molar-refractivity contribution in [3.05, 3.63) is 35.9 Å². The molecule has 1 N–H and O–H groups in total. The summed E-state index contributed by atoms with van der Waals surface area (Å²) in [5.41, 5.74) is -1.06. The average molecular weight is 277 g/mol. The number of fused-ring (bicyclic) bond motifs is 1. The summed E-state index contributed by atoms with van der Waals surface area (Å²) >= 11 is 0. The first-order valence-electron chi connectivity index (χ1n) is 6.10. The van der Waals surface area contributed by atoms with Gasteiger partial charge in [0, 0.05) is 5.39 Å². The second-order valence-electron chi connectivity index (χ2n) is 4.89. The molecule has 1 heterocycles. The number of para-hydroxylation sites is 1. The SMILES string of the molecule is N#Cc1cc(NC2(C(F)(F)F)CC2)nc2ccccc12. The van der Waals surface area contributed by atoms with Gasteiger partial charge in [-0.3, -0.25) is 0 Å². The lowest BCUT2D eigenvalue weighted by Gasteiger charge is -2.21. The summed E-state index contributed by atoms with van der Waals surface area (Å²) in [4.78, 5) is 4.16. The summed E-state index contributed by atoms with van der Waals surface area (Å²) < 4.78 is 38.8. The summed E-state index contributed by atoms with van der Waals surface area (Å²) in [6.07, 6.45) is -4.24. The third-order valence-corrected chi connectivity index (χ3v) is 3.50. The Bertz CT molecular complexity index is 712. The molecule has 1 aliphatic rings. The highest BCUT2D eigenvalue weighted by Gasteiger charge is 2.63. The van der Waals surface area contributed by atoms with Crippen molar-refractivity contribution in [2.75, 3.05) is 5.32 Å². The van der Waals surface area contributed by atoms with E-state index in [9.17, 15) is 13.2 Å². The molecule has 1 saturated carbocycles. The van der Waals surface area contributed by atoms with E-state index in [2.05, 4.69) is 10.3 Å². The van der Waals surface area contributed by atoms with Gasteiger partial charge in [-0.15, -0.1) is 0 Å². The highest BCUT2D eigenvalue weighted by molar-refractivity contribution is 5.86. The molecule has 20 heavy (non-hydrogen) atoms. The third kappa shape index (κ3) is 1.95. The Kier molecular flexibility index (Phi) is 2.61. The largest absolute Gasteiger partial charge is 0.411 e. The van der Waals surface area contributed by atoms with Crippen molar-refractivity contribution in [3.8, 4) is 6.07 Å². The lowest BCUT2D eigenvalue weighted by atomic mass is 10.1. The zero-order valence-corrected chi connectivity index (χ0v) is 10.3. The maximum atomic E-state index is 12.9. The van der Waals surface area contributed by atoms with Crippen LogP contribution in [0.25, 0.3) is 10.9 Å². The van der Waals surface area contributed by atoms with Gasteiger partial charge < -0.3 is 5.32 Å². The minimum Gasteiger partial charge on any atom is -0.356 e. The third-order valence-electron chi connectivity index (χ3n) is 3.50. The number of nitrogens with one attached hydrogen (secondary N) is 1. The van der Waals surface area contributed by atoms with Crippen LogP contribution in [0.2, 0.25) is 0 Å². The number of nitriles is 1. The van der Waals surface area contributed by atoms with Crippen molar-refractivity contribution >= 4 is 16.7 Å². The van der Waals surface area contributed by atoms with E-state index < -0.39 is 11.7 Å². The van der Waals surface area contributed by atoms with E-state index in [4.69, 9.17) is 5.26 Å². The number of halogens is 3. The molecule has 3 nitrogen and oxygen atoms in total. The zero-order valence-electron chi connectivity index (χ0n) is 10.3. The quantitative estimate of drug-likeness (QED) is 0.912. The molecule has 1 aromatic carbocycles. The molecular formula is C14H10F3N3. The van der Waals surface area contributed by atoms with Crippen LogP contribution in [0.1, 0.15) is 18.4 Å². The monoisotopic (exact) mass is 277 g/mol. The Hall–Kier alpha value is -2.29. The van der Waals surface area contributed by atoms with E-state index in [0.717, 1.165) is 0 Å². The Morgan fingerprint density at radius 1 is 1.25 bits per heavy atom. The zero-order chi connectivity index (χ0) is 14.4. The number of hydrogen-bond acceptors (Lipinski definition) is 3. The molecule has 0 radical (unpaired) electrons. The molecule has 0 saturated heterocycles. The molecule has 0 atom stereocenters. The van der Waals surface area contributed by atoms with E-state index in [0.29, 0.717) is 16.5 Å². The van der Waals surface area contributed by atoms with Crippen molar-refractivity contribution in [2.45, 2.75) is 24.6 Å². The van der Waals surface area contributed by atoms with Crippen LogP contribution in [0.3, 0.4) is 0 Å². The van der Waals surface area contributed by atoms with Gasteiger partial charge in [0.05, 0.1) is 17.1 Å². The van der Waals surface area contributed by atoms with Gasteiger partial charge in [-0.25, -0.2) is 4.98 Å². The molecule has 1 aliphatic carbocycles. The van der Waals surface area contributed by atoms with Crippen molar-refractivity contribution in [1.82, 2.24) is 4.98 Å². The Morgan fingerprint density at radius 2 is 1.95 bits per heavy atom. The highest BCUT2D eigenvalue weighted by Crippen LogP contribution is 2.51. The molecule has 1 fully saturated rings. The van der Waals surface area contributed by atoms with Crippen molar-refractivity contribution in [2.24, 2.45) is 0 Å². The van der Waals surface area contributed by atoms with Gasteiger partial charge in [0.2, 0.25) is 0 Å². The number of nitrogens with zero attached hydrogens (tertiary/aromatic N) is 2. The van der Waals surface area contributed by atoms with E-state index in [1.54, 1.807) is 24.3 Å². The number of hydrogen-bond donors (Lipinski definition) is 1. The fraction of sp³-hybridized carbons (Fsp3) is 0.286. The number of aromatic nitrogens is 1. The van der Waals surface area contributed by atoms with E-state index in [1.807, 2.05) is 6.07 Å². The standard InChI is InChI=1S/C14H10F3N3/c15-14(16,17)13(5-6-13)20-12-7-9(8-18)10-3-1-2-4-11(10)19-12/h1-4,7H,5-6H2,(H,19,20). The van der Waals surface area contributed by atoms with Gasteiger partial charge in [-0.1, -0.05) is 18.2 Å². The maximum Gasteiger partial charge on any atom is 0.411 e. The summed E-state index contributed by atoms with van der Waals surface area (Å²) in [5, 5.41) is 12.2. The molecule has 102 valence electrons. The van der Waals surface area contributed by atoms with Crippen LogP contribution >= 0.6 is 0 Å². The van der Waals surface area contributed by atoms with Crippen LogP contribution in [-0.4, -0.2) is 16.7 Å². The van der Waals surface area contributed by atoms with Gasteiger partial charge >= 0.3 is 6.18 Å². The maximum absolute atomic E-state index is 12.9. The summed E-state index contributed by atoms with van der Waals surface area (Å²) in [6, 6.07) is 10.3. The van der Waals surface area contributed by atoms with Crippen LogP contribution in [0.15, 0.2) is 30.3 Å². The number of pyridine rings is 1. The van der Waals surface area contributed by atoms with Crippen LogP contribution in [-0.2, 0) is 0 Å². The molecule has 0 amide bonds. The summed E-state index contributed by atoms with van der Waals surface area (Å²) in [5.74, 6) is 0.0927. The average Bonchev–Trinajstić information content (AvgIpc) is 3.18. The van der Waals surface area contributed by atoms with E-state index in [-0.39, 0.29) is 18.7 Å². The molecule has 2 aromatic rings. The van der Waals surface area contributed by atoms with E-state index in [1.165, 1.54) is 6.07 Å². The van der Waals surface area contributed by atoms with E-state index >= 15 is 0 Å². The predicted molar refractivity (Wildman–Crippen MR) is 68.1 cm³/mol. The van der Waals surface area contributed by atoms with Gasteiger partial charge in [-0.05, 0) is 25.0 Å². The second-order valence-corrected chi connectivity index (χ2v) is 4.89. The van der Waals surface area contributed by atoms with Crippen LogP contribution in [0, 0.1) is 11.3 Å². The minimum atomic E-state index is -4.31. The lowest BCUT2D eigenvalue weighted by molar-refractivity contribution is -0.151. The lowest BCUT2D eigenvalue weighted by Crippen LogP contribution is -2.38. The fourth-order valence-corrected chi connectivity index (χ4v) is 2.18. The molecular weight excluding hydrogens is 267 g/mol. The summed E-state index contributed by atoms with van der Waals surface area (Å²) in [7, 11) is 0. The van der Waals surface area contributed by atoms with Gasteiger partial charge in [0.1, 0.15) is 11.4 Å². The molecule has 6 heteroatoms. The molecule has 1 aromatic heterocycles. The molecule has 0 bridgehead atoms. The van der Waals surface area contributed by atoms with Crippen LogP contribution in [0.4, 0.5) is 19.0 Å². The first-order chi connectivity index (χ1) is 9.45. The fourth-order valence-electron chi connectivity index (χ4n) is 2.18. The van der Waals surface area contributed by atoms with Crippen LogP contribution < -0.4 is 5.32 Å². The molecule has 3 rings (SSSR count). The van der Waals surface area contributed by atoms with Gasteiger partial charge in [-0.2, -0.15) is 18.4 Å². The predicted octanol–water partition coefficient (Wildman–Crippen LogP) is 3.61.